The van der Waals surface area contributed by atoms with Crippen molar-refractivity contribution in [2.24, 2.45) is 0 Å². The molecule has 1 radical (unpaired) electrons. The molecule has 0 bridgehead atoms. The first-order chi connectivity index (χ1) is 2.00. The number of rotatable bonds is 0. The van der Waals surface area contributed by atoms with E-state index < -0.39 is 4.89 Å². The van der Waals surface area contributed by atoms with Crippen molar-refractivity contribution >= 4 is 29.0 Å². The van der Waals surface area contributed by atoms with Crippen LogP contribution in [0.5, 0.6) is 0 Å². The Morgan fingerprint density at radius 2 is 1.60 bits per heavy atom. The van der Waals surface area contributed by atoms with Gasteiger partial charge in [0.15, 0.2) is 0 Å². The molecule has 3 nitrogen and oxygen atoms in total. The van der Waals surface area contributed by atoms with Gasteiger partial charge in [-0.1, -0.05) is 0 Å². The zero-order chi connectivity index (χ0) is 4.50. The molecular formula is H3BiO3P. The molecule has 0 aromatic rings. The summed E-state index contributed by atoms with van der Waals surface area (Å²) in [6, 6.07) is 0. The molecule has 0 saturated carbocycles. The SMILES string of the molecule is O=[P](O)(O)[BiH]. The fourth-order valence-corrected chi connectivity index (χ4v) is 0. The Morgan fingerprint density at radius 1 is 1.60 bits per heavy atom. The molecule has 0 aromatic carbocycles. The summed E-state index contributed by atoms with van der Waals surface area (Å²) in [7, 11) is 0. The molecule has 0 amide bonds. The van der Waals surface area contributed by atoms with E-state index in [4.69, 9.17) is 9.79 Å². The van der Waals surface area contributed by atoms with E-state index >= 15 is 0 Å². The van der Waals surface area contributed by atoms with Gasteiger partial charge in [-0.3, -0.25) is 0 Å². The predicted octanol–water partition coefficient (Wildman–Crippen LogP) is -1.02. The summed E-state index contributed by atoms with van der Waals surface area (Å²) in [6.45, 7) is 0. The second kappa shape index (κ2) is 1.66. The van der Waals surface area contributed by atoms with Crippen molar-refractivity contribution in [1.82, 2.24) is 0 Å². The molecule has 0 rings (SSSR count). The minimum atomic E-state index is -3.50. The van der Waals surface area contributed by atoms with Crippen molar-refractivity contribution < 1.29 is 14.4 Å². The first-order valence-corrected chi connectivity index (χ1v) is 7.63. The van der Waals surface area contributed by atoms with Gasteiger partial charge in [0.1, 0.15) is 0 Å². The molecule has 0 aliphatic rings. The third-order valence-corrected chi connectivity index (χ3v) is 0. The Kier molecular flexibility index (Phi) is 2.00. The molecule has 0 aliphatic heterocycles. The van der Waals surface area contributed by atoms with E-state index in [0.717, 1.165) is 0 Å². The molecule has 31 valence electrons. The molecular weight excluding hydrogens is 288 g/mol. The van der Waals surface area contributed by atoms with Crippen LogP contribution in [0.3, 0.4) is 0 Å². The maximum absolute atomic E-state index is 9.39. The van der Waals surface area contributed by atoms with Gasteiger partial charge in [-0.15, -0.1) is 0 Å². The molecule has 0 unspecified atom stereocenters. The molecule has 0 spiro atoms. The van der Waals surface area contributed by atoms with Gasteiger partial charge >= 0.3 is 43.4 Å². The van der Waals surface area contributed by atoms with Gasteiger partial charge in [-0.05, 0) is 0 Å². The minimum absolute atomic E-state index is 0.0255. The van der Waals surface area contributed by atoms with Gasteiger partial charge in [0.05, 0.1) is 0 Å². The fraction of sp³-hybridized carbons (Fsp3) is 0. The molecule has 0 heterocycles. The van der Waals surface area contributed by atoms with E-state index in [1.54, 1.807) is 0 Å². The first-order valence-electron chi connectivity index (χ1n) is 0.806. The second-order valence-corrected chi connectivity index (χ2v) is 8.43. The fourth-order valence-electron chi connectivity index (χ4n) is 0. The monoisotopic (exact) mass is 291 g/mol. The van der Waals surface area contributed by atoms with Gasteiger partial charge in [0.25, 0.3) is 0 Å². The topological polar surface area (TPSA) is 57.5 Å². The van der Waals surface area contributed by atoms with Gasteiger partial charge in [-0.2, -0.15) is 0 Å². The summed E-state index contributed by atoms with van der Waals surface area (Å²) in [6.07, 6.45) is 0. The molecule has 0 aromatic heterocycles. The van der Waals surface area contributed by atoms with Crippen LogP contribution < -0.4 is 0 Å². The van der Waals surface area contributed by atoms with Crippen LogP contribution >= 0.6 is 4.89 Å². The predicted molar refractivity (Wildman–Crippen MR) is 19.2 cm³/mol. The molecule has 0 atom stereocenters. The molecule has 0 aliphatic carbocycles. The van der Waals surface area contributed by atoms with Crippen LogP contribution in [0, 0.1) is 0 Å². The summed E-state index contributed by atoms with van der Waals surface area (Å²) in [5, 5.41) is 0. The van der Waals surface area contributed by atoms with Crippen LogP contribution in [0.2, 0.25) is 0 Å². The third-order valence-electron chi connectivity index (χ3n) is 0. The third kappa shape index (κ3) is 43.4. The van der Waals surface area contributed by atoms with Crippen molar-refractivity contribution in [2.45, 2.75) is 0 Å². The molecule has 0 fully saturated rings. The van der Waals surface area contributed by atoms with Crippen molar-refractivity contribution in [2.75, 3.05) is 0 Å². The maximum atomic E-state index is 9.39. The quantitative estimate of drug-likeness (QED) is 0.444. The van der Waals surface area contributed by atoms with Crippen LogP contribution in [-0.2, 0) is 4.57 Å². The number of hydrogen-bond donors (Lipinski definition) is 2. The molecule has 5 heteroatoms. The normalized spacial score (nSPS) is 11.8. The average Bonchev–Trinajstić information content (AvgIpc) is 0.722. The molecule has 5 heavy (non-hydrogen) atoms. The van der Waals surface area contributed by atoms with Crippen molar-refractivity contribution in [3.8, 4) is 0 Å². The van der Waals surface area contributed by atoms with Gasteiger partial charge in [0, 0.05) is 0 Å². The summed E-state index contributed by atoms with van der Waals surface area (Å²) in [4.78, 5) is 11.9. The Morgan fingerprint density at radius 3 is 1.60 bits per heavy atom. The summed E-state index contributed by atoms with van der Waals surface area (Å²) >= 11 is -0.0255. The Bertz CT molecular complexity index is 53.0. The van der Waals surface area contributed by atoms with Crippen LogP contribution in [0.25, 0.3) is 0 Å². The van der Waals surface area contributed by atoms with Crippen LogP contribution in [0.4, 0.5) is 0 Å². The summed E-state index contributed by atoms with van der Waals surface area (Å²) < 4.78 is 9.39. The van der Waals surface area contributed by atoms with E-state index in [2.05, 4.69) is 0 Å². The van der Waals surface area contributed by atoms with E-state index in [-0.39, 0.29) is 24.1 Å². The van der Waals surface area contributed by atoms with Crippen LogP contribution in [-0.4, -0.2) is 33.9 Å². The summed E-state index contributed by atoms with van der Waals surface area (Å²) in [5.41, 5.74) is 0. The van der Waals surface area contributed by atoms with E-state index in [9.17, 15) is 4.57 Å². The standard InChI is InChI=1S/Bi.HO3P.H/c;1-4(2)3;/h;(H-,1,2,3);/q-1;;/p+1. The van der Waals surface area contributed by atoms with Crippen LogP contribution in [0.15, 0.2) is 0 Å². The molecule has 0 saturated heterocycles. The average molecular weight is 291 g/mol. The number of hydrogen-bond acceptors (Lipinski definition) is 1. The van der Waals surface area contributed by atoms with Crippen molar-refractivity contribution in [3.63, 3.8) is 0 Å². The first kappa shape index (κ1) is 6.03. The van der Waals surface area contributed by atoms with Crippen molar-refractivity contribution in [1.29, 1.82) is 0 Å². The Labute approximate surface area is 43.7 Å². The van der Waals surface area contributed by atoms with E-state index in [0.29, 0.717) is 0 Å². The zero-order valence-electron chi connectivity index (χ0n) is 2.25. The van der Waals surface area contributed by atoms with E-state index in [1.807, 2.05) is 0 Å². The second-order valence-electron chi connectivity index (χ2n) is 0.544. The Balaban J connectivity index is 3.47. The van der Waals surface area contributed by atoms with Crippen molar-refractivity contribution in [3.05, 3.63) is 0 Å². The molecule has 2 N–H and O–H groups in total. The van der Waals surface area contributed by atoms with Gasteiger partial charge in [0.2, 0.25) is 0 Å². The van der Waals surface area contributed by atoms with Gasteiger partial charge < -0.3 is 0 Å². The Hall–Kier alpha value is 1.03. The van der Waals surface area contributed by atoms with E-state index in [1.165, 1.54) is 0 Å². The zero-order valence-corrected chi connectivity index (χ0v) is 7.03. The summed E-state index contributed by atoms with van der Waals surface area (Å²) in [5.74, 6) is 0. The van der Waals surface area contributed by atoms with Crippen LogP contribution in [0.1, 0.15) is 0 Å². The van der Waals surface area contributed by atoms with Gasteiger partial charge in [-0.25, -0.2) is 0 Å².